The second kappa shape index (κ2) is 10.5. The van der Waals surface area contributed by atoms with Gasteiger partial charge in [0.25, 0.3) is 0 Å². The van der Waals surface area contributed by atoms with Crippen LogP contribution < -0.4 is 5.32 Å². The molecule has 9 nitrogen and oxygen atoms in total. The number of carbonyl (C=O) groups excluding carboxylic acids is 3. The number of nitrogens with zero attached hydrogens (tertiary/aromatic N) is 3. The lowest BCUT2D eigenvalue weighted by Crippen LogP contribution is -2.50. The number of hydrogen-bond acceptors (Lipinski definition) is 6. The van der Waals surface area contributed by atoms with Crippen LogP contribution in [0, 0.1) is 5.41 Å². The molecule has 2 N–H and O–H groups in total. The SMILES string of the molecule is COC(=O)C(CCN1CCC2(CC2)[C@H](O)C1)N1CCN(C(=O)Nc2cccc(Cl)c2)CCC1=O. The summed E-state index contributed by atoms with van der Waals surface area (Å²) in [5.74, 6) is -0.634. The Labute approximate surface area is 205 Å². The summed E-state index contributed by atoms with van der Waals surface area (Å²) in [5.41, 5.74) is 0.697. The Kier molecular flexibility index (Phi) is 7.64. The molecule has 0 aromatic heterocycles. The van der Waals surface area contributed by atoms with E-state index in [1.165, 1.54) is 7.11 Å². The molecule has 1 spiro atoms. The molecule has 2 aliphatic heterocycles. The molecule has 1 aliphatic carbocycles. The number of nitrogens with one attached hydrogen (secondary N) is 1. The second-order valence-electron chi connectivity index (χ2n) is 9.52. The molecular weight excluding hydrogens is 460 g/mol. The first kappa shape index (κ1) is 24.8. The van der Waals surface area contributed by atoms with Crippen molar-refractivity contribution < 1.29 is 24.2 Å². The standard InChI is InChI=1S/C24H33ClN4O5/c1-34-22(32)19(5-10-27-12-9-24(7-8-24)20(30)16-27)29-14-13-28(11-6-21(29)31)23(33)26-18-4-2-3-17(25)15-18/h2-4,15,19-20,30H,5-14,16H2,1H3,(H,26,33)/t19?,20-/m1/s1. The third-order valence-electron chi connectivity index (χ3n) is 7.41. The van der Waals surface area contributed by atoms with Crippen molar-refractivity contribution in [2.75, 3.05) is 51.7 Å². The van der Waals surface area contributed by atoms with Crippen molar-refractivity contribution in [1.29, 1.82) is 0 Å². The predicted molar refractivity (Wildman–Crippen MR) is 128 cm³/mol. The third kappa shape index (κ3) is 5.64. The van der Waals surface area contributed by atoms with Gasteiger partial charge in [0, 0.05) is 49.9 Å². The molecule has 3 aliphatic rings. The number of likely N-dealkylation sites (tertiary alicyclic amines) is 1. The van der Waals surface area contributed by atoms with Gasteiger partial charge in [0.1, 0.15) is 6.04 Å². The topological polar surface area (TPSA) is 102 Å². The Bertz CT molecular complexity index is 924. The number of halogens is 1. The average molecular weight is 493 g/mol. The number of piperidine rings is 1. The lowest BCUT2D eigenvalue weighted by atomic mass is 9.90. The monoisotopic (exact) mass is 492 g/mol. The highest BCUT2D eigenvalue weighted by molar-refractivity contribution is 6.30. The van der Waals surface area contributed by atoms with Crippen molar-refractivity contribution >= 4 is 35.2 Å². The summed E-state index contributed by atoms with van der Waals surface area (Å²) >= 11 is 5.99. The maximum Gasteiger partial charge on any atom is 0.328 e. The minimum absolute atomic E-state index is 0.119. The predicted octanol–water partition coefficient (Wildman–Crippen LogP) is 2.18. The van der Waals surface area contributed by atoms with E-state index >= 15 is 0 Å². The number of rotatable bonds is 6. The molecule has 4 rings (SSSR count). The number of β-amino-alcohol motifs (C(OH)–C–C–N with tert-alkyl or cyclic N) is 1. The average Bonchev–Trinajstić information content (AvgIpc) is 3.62. The molecule has 34 heavy (non-hydrogen) atoms. The number of benzene rings is 1. The highest BCUT2D eigenvalue weighted by atomic mass is 35.5. The summed E-state index contributed by atoms with van der Waals surface area (Å²) < 4.78 is 5.02. The molecule has 2 atom stereocenters. The summed E-state index contributed by atoms with van der Waals surface area (Å²) in [6, 6.07) is 5.84. The van der Waals surface area contributed by atoms with Crippen molar-refractivity contribution in [3.05, 3.63) is 29.3 Å². The normalized spacial score (nSPS) is 23.4. The van der Waals surface area contributed by atoms with E-state index in [4.69, 9.17) is 16.3 Å². The molecule has 1 aromatic carbocycles. The molecule has 0 bridgehead atoms. The van der Waals surface area contributed by atoms with Gasteiger partial charge in [-0.05, 0) is 55.8 Å². The summed E-state index contributed by atoms with van der Waals surface area (Å²) in [6.45, 7) is 2.88. The maximum absolute atomic E-state index is 12.9. The van der Waals surface area contributed by atoms with Gasteiger partial charge in [0.2, 0.25) is 5.91 Å². The lowest BCUT2D eigenvalue weighted by Gasteiger charge is -2.37. The molecule has 0 radical (unpaired) electrons. The number of esters is 1. The van der Waals surface area contributed by atoms with E-state index in [1.54, 1.807) is 34.1 Å². The van der Waals surface area contributed by atoms with E-state index in [-0.39, 0.29) is 43.0 Å². The Morgan fingerprint density at radius 3 is 2.71 bits per heavy atom. The molecule has 3 fully saturated rings. The van der Waals surface area contributed by atoms with E-state index < -0.39 is 12.0 Å². The van der Waals surface area contributed by atoms with Gasteiger partial charge in [-0.2, -0.15) is 0 Å². The summed E-state index contributed by atoms with van der Waals surface area (Å²) in [6.07, 6.45) is 3.38. The molecule has 186 valence electrons. The number of hydrogen-bond donors (Lipinski definition) is 2. The zero-order valence-corrected chi connectivity index (χ0v) is 20.3. The van der Waals surface area contributed by atoms with Crippen molar-refractivity contribution in [3.63, 3.8) is 0 Å². The Balaban J connectivity index is 1.35. The lowest BCUT2D eigenvalue weighted by molar-refractivity contribution is -0.153. The van der Waals surface area contributed by atoms with Crippen molar-refractivity contribution in [2.45, 2.75) is 44.2 Å². The Morgan fingerprint density at radius 2 is 2.03 bits per heavy atom. The minimum atomic E-state index is -0.720. The van der Waals surface area contributed by atoms with Gasteiger partial charge in [-0.3, -0.25) is 4.79 Å². The van der Waals surface area contributed by atoms with Gasteiger partial charge in [-0.25, -0.2) is 9.59 Å². The maximum atomic E-state index is 12.9. The van der Waals surface area contributed by atoms with Gasteiger partial charge in [-0.15, -0.1) is 0 Å². The summed E-state index contributed by atoms with van der Waals surface area (Å²) in [7, 11) is 1.32. The Morgan fingerprint density at radius 1 is 1.24 bits per heavy atom. The van der Waals surface area contributed by atoms with Gasteiger partial charge < -0.3 is 29.9 Å². The van der Waals surface area contributed by atoms with Crippen LogP contribution in [0.25, 0.3) is 0 Å². The van der Waals surface area contributed by atoms with Crippen LogP contribution in [-0.2, 0) is 14.3 Å². The van der Waals surface area contributed by atoms with E-state index in [9.17, 15) is 19.5 Å². The number of aliphatic hydroxyl groups excluding tert-OH is 1. The van der Waals surface area contributed by atoms with Crippen molar-refractivity contribution in [2.24, 2.45) is 5.41 Å². The second-order valence-corrected chi connectivity index (χ2v) is 9.96. The summed E-state index contributed by atoms with van der Waals surface area (Å²) in [5, 5.41) is 13.8. The van der Waals surface area contributed by atoms with Crippen LogP contribution in [0.5, 0.6) is 0 Å². The van der Waals surface area contributed by atoms with Gasteiger partial charge in [0.05, 0.1) is 13.2 Å². The number of ether oxygens (including phenoxy) is 1. The van der Waals surface area contributed by atoms with Crippen LogP contribution in [0.3, 0.4) is 0 Å². The van der Waals surface area contributed by atoms with Gasteiger partial charge in [0.15, 0.2) is 0 Å². The number of amides is 3. The molecular formula is C24H33ClN4O5. The molecule has 1 aromatic rings. The van der Waals surface area contributed by atoms with Crippen LogP contribution in [0.1, 0.15) is 32.1 Å². The third-order valence-corrected chi connectivity index (χ3v) is 7.65. The zero-order valence-electron chi connectivity index (χ0n) is 19.5. The van der Waals surface area contributed by atoms with E-state index in [2.05, 4.69) is 10.2 Å². The smallest absolute Gasteiger partial charge is 0.328 e. The molecule has 2 saturated heterocycles. The minimum Gasteiger partial charge on any atom is -0.467 e. The van der Waals surface area contributed by atoms with Gasteiger partial charge >= 0.3 is 12.0 Å². The van der Waals surface area contributed by atoms with Crippen molar-refractivity contribution in [3.8, 4) is 0 Å². The van der Waals surface area contributed by atoms with E-state index in [0.29, 0.717) is 36.8 Å². The number of aliphatic hydroxyl groups is 1. The summed E-state index contributed by atoms with van der Waals surface area (Å²) in [4.78, 5) is 43.6. The quantitative estimate of drug-likeness (QED) is 0.590. The number of urea groups is 1. The van der Waals surface area contributed by atoms with E-state index in [1.807, 2.05) is 0 Å². The van der Waals surface area contributed by atoms with Crippen molar-refractivity contribution in [1.82, 2.24) is 14.7 Å². The highest BCUT2D eigenvalue weighted by Gasteiger charge is 2.51. The molecule has 10 heteroatoms. The van der Waals surface area contributed by atoms with Crippen LogP contribution in [0.15, 0.2) is 24.3 Å². The first-order valence-electron chi connectivity index (χ1n) is 11.9. The largest absolute Gasteiger partial charge is 0.467 e. The molecule has 1 unspecified atom stereocenters. The fourth-order valence-corrected chi connectivity index (χ4v) is 5.20. The van der Waals surface area contributed by atoms with E-state index in [0.717, 1.165) is 25.8 Å². The first-order valence-corrected chi connectivity index (χ1v) is 12.3. The van der Waals surface area contributed by atoms with Crippen LogP contribution in [0.2, 0.25) is 5.02 Å². The Hall–Kier alpha value is -2.36. The number of anilines is 1. The van der Waals surface area contributed by atoms with Crippen LogP contribution >= 0.6 is 11.6 Å². The molecule has 2 heterocycles. The molecule has 1 saturated carbocycles. The first-order chi connectivity index (χ1) is 16.3. The number of methoxy groups -OCH3 is 1. The van der Waals surface area contributed by atoms with Crippen LogP contribution in [-0.4, -0.2) is 96.2 Å². The zero-order chi connectivity index (χ0) is 24.3. The highest BCUT2D eigenvalue weighted by Crippen LogP contribution is 2.53. The fraction of sp³-hybridized carbons (Fsp3) is 0.625. The molecule has 3 amide bonds. The van der Waals surface area contributed by atoms with Crippen LogP contribution in [0.4, 0.5) is 10.5 Å². The van der Waals surface area contributed by atoms with Gasteiger partial charge in [-0.1, -0.05) is 17.7 Å². The fourth-order valence-electron chi connectivity index (χ4n) is 5.01. The number of carbonyl (C=O) groups is 3.